The maximum absolute atomic E-state index is 5.93. The number of benzene rings is 1. The fourth-order valence-corrected chi connectivity index (χ4v) is 2.56. The number of hydrogen-bond acceptors (Lipinski definition) is 3. The van der Waals surface area contributed by atoms with E-state index < -0.39 is 0 Å². The highest BCUT2D eigenvalue weighted by atomic mass is 16.5. The Labute approximate surface area is 104 Å². The Morgan fingerprint density at radius 3 is 2.71 bits per heavy atom. The predicted molar refractivity (Wildman–Crippen MR) is 71.1 cm³/mol. The van der Waals surface area contributed by atoms with Gasteiger partial charge < -0.3 is 10.5 Å². The number of likely N-dealkylation sites (tertiary alicyclic amines) is 1. The minimum atomic E-state index is 0.314. The molecule has 0 amide bonds. The van der Waals surface area contributed by atoms with E-state index in [1.54, 1.807) is 7.11 Å². The van der Waals surface area contributed by atoms with E-state index in [1.165, 1.54) is 24.9 Å². The maximum atomic E-state index is 5.93. The zero-order chi connectivity index (χ0) is 12.5. The van der Waals surface area contributed by atoms with Gasteiger partial charge in [-0.2, -0.15) is 0 Å². The maximum Gasteiger partial charge on any atom is 0.141 e. The van der Waals surface area contributed by atoms with E-state index in [0.717, 1.165) is 18.0 Å². The van der Waals surface area contributed by atoms with Crippen molar-refractivity contribution in [2.45, 2.75) is 38.8 Å². The standard InChI is InChI=1S/C14H22N2O/c1-14(2)7-4-8-16(14)10-11-5-6-13(17-3)12(15)9-11/h5-6,9H,4,7-8,10,15H2,1-3H3. The van der Waals surface area contributed by atoms with Crippen molar-refractivity contribution in [3.63, 3.8) is 0 Å². The van der Waals surface area contributed by atoms with E-state index in [9.17, 15) is 0 Å². The Balaban J connectivity index is 2.11. The van der Waals surface area contributed by atoms with Crippen LogP contribution >= 0.6 is 0 Å². The molecule has 94 valence electrons. The minimum Gasteiger partial charge on any atom is -0.495 e. The molecule has 1 saturated heterocycles. The lowest BCUT2D eigenvalue weighted by Gasteiger charge is -2.31. The summed E-state index contributed by atoms with van der Waals surface area (Å²) in [4.78, 5) is 2.52. The fourth-order valence-electron chi connectivity index (χ4n) is 2.56. The van der Waals surface area contributed by atoms with Crippen LogP contribution in [0.4, 0.5) is 5.69 Å². The summed E-state index contributed by atoms with van der Waals surface area (Å²) in [6.45, 7) is 6.78. The molecular weight excluding hydrogens is 212 g/mol. The van der Waals surface area contributed by atoms with Crippen LogP contribution in [-0.2, 0) is 6.54 Å². The first-order valence-electron chi connectivity index (χ1n) is 6.20. The van der Waals surface area contributed by atoms with E-state index in [1.807, 2.05) is 12.1 Å². The molecule has 2 N–H and O–H groups in total. The molecule has 0 saturated carbocycles. The highest BCUT2D eigenvalue weighted by Crippen LogP contribution is 2.31. The molecule has 3 nitrogen and oxygen atoms in total. The molecule has 0 bridgehead atoms. The van der Waals surface area contributed by atoms with Crippen LogP contribution in [0.3, 0.4) is 0 Å². The average molecular weight is 234 g/mol. The van der Waals surface area contributed by atoms with Crippen molar-refractivity contribution in [3.8, 4) is 5.75 Å². The van der Waals surface area contributed by atoms with Gasteiger partial charge in [-0.1, -0.05) is 6.07 Å². The van der Waals surface area contributed by atoms with Crippen molar-refractivity contribution < 1.29 is 4.74 Å². The first kappa shape index (κ1) is 12.2. The lowest BCUT2D eigenvalue weighted by molar-refractivity contribution is 0.166. The summed E-state index contributed by atoms with van der Waals surface area (Å²) in [5.74, 6) is 0.759. The van der Waals surface area contributed by atoms with E-state index in [-0.39, 0.29) is 0 Å². The Morgan fingerprint density at radius 1 is 1.41 bits per heavy atom. The number of ether oxygens (including phenoxy) is 1. The number of methoxy groups -OCH3 is 1. The highest BCUT2D eigenvalue weighted by Gasteiger charge is 2.31. The first-order valence-corrected chi connectivity index (χ1v) is 6.20. The molecule has 1 aliphatic heterocycles. The zero-order valence-electron chi connectivity index (χ0n) is 11.0. The quantitative estimate of drug-likeness (QED) is 0.817. The van der Waals surface area contributed by atoms with E-state index in [0.29, 0.717) is 5.54 Å². The van der Waals surface area contributed by atoms with Crippen LogP contribution in [0.5, 0.6) is 5.75 Å². The summed E-state index contributed by atoms with van der Waals surface area (Å²) >= 11 is 0. The van der Waals surface area contributed by atoms with Crippen LogP contribution in [0.15, 0.2) is 18.2 Å². The zero-order valence-corrected chi connectivity index (χ0v) is 11.0. The lowest BCUT2D eigenvalue weighted by Crippen LogP contribution is -2.37. The molecule has 1 heterocycles. The number of nitrogens with two attached hydrogens (primary N) is 1. The molecule has 0 aliphatic carbocycles. The molecular formula is C14H22N2O. The van der Waals surface area contributed by atoms with E-state index >= 15 is 0 Å². The second kappa shape index (κ2) is 4.57. The number of nitrogen functional groups attached to an aromatic ring is 1. The predicted octanol–water partition coefficient (Wildman–Crippen LogP) is 2.65. The van der Waals surface area contributed by atoms with Crippen molar-refractivity contribution in [1.82, 2.24) is 4.90 Å². The lowest BCUT2D eigenvalue weighted by atomic mass is 10.0. The second-order valence-corrected chi connectivity index (χ2v) is 5.41. The van der Waals surface area contributed by atoms with Crippen LogP contribution in [0.2, 0.25) is 0 Å². The second-order valence-electron chi connectivity index (χ2n) is 5.41. The van der Waals surface area contributed by atoms with Gasteiger partial charge in [-0.05, 0) is 50.9 Å². The number of anilines is 1. The summed E-state index contributed by atoms with van der Waals surface area (Å²) in [7, 11) is 1.65. The van der Waals surface area contributed by atoms with Gasteiger partial charge in [0.2, 0.25) is 0 Å². The molecule has 0 unspecified atom stereocenters. The van der Waals surface area contributed by atoms with Gasteiger partial charge in [-0.15, -0.1) is 0 Å². The molecule has 0 radical (unpaired) electrons. The minimum absolute atomic E-state index is 0.314. The third kappa shape index (κ3) is 2.55. The molecule has 0 atom stereocenters. The van der Waals surface area contributed by atoms with E-state index in [4.69, 9.17) is 10.5 Å². The molecule has 2 rings (SSSR count). The van der Waals surface area contributed by atoms with E-state index in [2.05, 4.69) is 24.8 Å². The van der Waals surface area contributed by atoms with Crippen molar-refractivity contribution in [2.75, 3.05) is 19.4 Å². The Hall–Kier alpha value is -1.22. The van der Waals surface area contributed by atoms with Crippen LogP contribution < -0.4 is 10.5 Å². The number of rotatable bonds is 3. The number of nitrogens with zero attached hydrogens (tertiary/aromatic N) is 1. The molecule has 1 aromatic carbocycles. The van der Waals surface area contributed by atoms with Crippen molar-refractivity contribution in [3.05, 3.63) is 23.8 Å². The van der Waals surface area contributed by atoms with Crippen LogP contribution in [-0.4, -0.2) is 24.1 Å². The monoisotopic (exact) mass is 234 g/mol. The van der Waals surface area contributed by atoms with Crippen molar-refractivity contribution >= 4 is 5.69 Å². The SMILES string of the molecule is COc1ccc(CN2CCCC2(C)C)cc1N. The van der Waals surface area contributed by atoms with Gasteiger partial charge >= 0.3 is 0 Å². The average Bonchev–Trinajstić information content (AvgIpc) is 2.59. The molecule has 0 spiro atoms. The summed E-state index contributed by atoms with van der Waals surface area (Å²) in [5, 5.41) is 0. The smallest absolute Gasteiger partial charge is 0.141 e. The topological polar surface area (TPSA) is 38.5 Å². The van der Waals surface area contributed by atoms with Gasteiger partial charge in [0, 0.05) is 12.1 Å². The van der Waals surface area contributed by atoms with Gasteiger partial charge in [-0.3, -0.25) is 4.90 Å². The van der Waals surface area contributed by atoms with Gasteiger partial charge in [0.1, 0.15) is 5.75 Å². The summed E-state index contributed by atoms with van der Waals surface area (Å²) < 4.78 is 5.17. The van der Waals surface area contributed by atoms with Gasteiger partial charge in [0.25, 0.3) is 0 Å². The van der Waals surface area contributed by atoms with Crippen LogP contribution in [0.25, 0.3) is 0 Å². The molecule has 3 heteroatoms. The highest BCUT2D eigenvalue weighted by molar-refractivity contribution is 5.54. The van der Waals surface area contributed by atoms with Crippen molar-refractivity contribution in [2.24, 2.45) is 0 Å². The Kier molecular flexibility index (Phi) is 3.29. The van der Waals surface area contributed by atoms with Gasteiger partial charge in [0.15, 0.2) is 0 Å². The molecule has 17 heavy (non-hydrogen) atoms. The summed E-state index contributed by atoms with van der Waals surface area (Å²) in [5.41, 5.74) is 8.23. The van der Waals surface area contributed by atoms with Crippen LogP contribution in [0.1, 0.15) is 32.3 Å². The molecule has 1 fully saturated rings. The van der Waals surface area contributed by atoms with Crippen LogP contribution in [0, 0.1) is 0 Å². The molecule has 1 aliphatic rings. The summed E-state index contributed by atoms with van der Waals surface area (Å²) in [6, 6.07) is 6.07. The Morgan fingerprint density at radius 2 is 2.18 bits per heavy atom. The van der Waals surface area contributed by atoms with Gasteiger partial charge in [-0.25, -0.2) is 0 Å². The van der Waals surface area contributed by atoms with Crippen molar-refractivity contribution in [1.29, 1.82) is 0 Å². The molecule has 0 aromatic heterocycles. The summed E-state index contributed by atoms with van der Waals surface area (Å²) in [6.07, 6.45) is 2.57. The first-order chi connectivity index (χ1) is 8.03. The normalized spacial score (nSPS) is 19.5. The van der Waals surface area contributed by atoms with Gasteiger partial charge in [0.05, 0.1) is 12.8 Å². The third-order valence-corrected chi connectivity index (χ3v) is 3.74. The fraction of sp³-hybridized carbons (Fsp3) is 0.571. The number of hydrogen-bond donors (Lipinski definition) is 1. The largest absolute Gasteiger partial charge is 0.495 e. The molecule has 1 aromatic rings. The Bertz CT molecular complexity index is 401. The third-order valence-electron chi connectivity index (χ3n) is 3.74.